The number of amides is 1. The maximum absolute atomic E-state index is 12.7. The first kappa shape index (κ1) is 18.4. The Morgan fingerprint density at radius 1 is 1.14 bits per heavy atom. The normalized spacial score (nSPS) is 15.7. The van der Waals surface area contributed by atoms with Crippen molar-refractivity contribution in [3.63, 3.8) is 0 Å². The number of anilines is 2. The number of hydrogen-bond acceptors (Lipinski definition) is 7. The summed E-state index contributed by atoms with van der Waals surface area (Å²) in [5.41, 5.74) is 1.01. The summed E-state index contributed by atoms with van der Waals surface area (Å²) < 4.78 is 25.4. The number of nitrogens with zero attached hydrogens (tertiary/aromatic N) is 5. The number of hydrogen-bond donors (Lipinski definition) is 1. The Morgan fingerprint density at radius 2 is 1.89 bits per heavy atom. The second-order valence-corrected chi connectivity index (χ2v) is 8.83. The summed E-state index contributed by atoms with van der Waals surface area (Å²) in [7, 11) is -3.41. The van der Waals surface area contributed by atoms with Crippen LogP contribution in [-0.4, -0.2) is 53.5 Å². The van der Waals surface area contributed by atoms with Crippen LogP contribution in [0.25, 0.3) is 5.65 Å². The molecule has 0 radical (unpaired) electrons. The molecule has 146 valence electrons. The number of carbonyl (C=O) groups excluding carboxylic acids is 1. The molecule has 2 aromatic heterocycles. The second kappa shape index (κ2) is 7.19. The summed E-state index contributed by atoms with van der Waals surface area (Å²) in [6.45, 7) is 1.37. The van der Waals surface area contributed by atoms with Gasteiger partial charge in [-0.05, 0) is 37.1 Å². The Bertz CT molecular complexity index is 1120. The van der Waals surface area contributed by atoms with E-state index in [4.69, 9.17) is 0 Å². The van der Waals surface area contributed by atoms with Crippen LogP contribution in [0.2, 0.25) is 0 Å². The molecule has 1 fully saturated rings. The van der Waals surface area contributed by atoms with Gasteiger partial charge in [0.25, 0.3) is 0 Å². The molecular formula is C18H20N6O3S. The van der Waals surface area contributed by atoms with Gasteiger partial charge in [-0.15, -0.1) is 15.3 Å². The topological polar surface area (TPSA) is 110 Å². The van der Waals surface area contributed by atoms with Gasteiger partial charge in [0.1, 0.15) is 12.1 Å². The van der Waals surface area contributed by atoms with Crippen LogP contribution >= 0.6 is 0 Å². The van der Waals surface area contributed by atoms with Crippen LogP contribution in [0.5, 0.6) is 0 Å². The van der Waals surface area contributed by atoms with Crippen LogP contribution in [0.3, 0.4) is 0 Å². The Balaban J connectivity index is 1.42. The van der Waals surface area contributed by atoms with E-state index in [1.54, 1.807) is 29.0 Å². The zero-order chi connectivity index (χ0) is 19.7. The molecule has 28 heavy (non-hydrogen) atoms. The SMILES string of the molecule is CS(=O)(=O)c1ccccc1NC(=O)C1CCN(c2ccc3nncn3n2)CC1. The van der Waals surface area contributed by atoms with E-state index in [1.807, 2.05) is 12.1 Å². The molecule has 1 saturated heterocycles. The monoisotopic (exact) mass is 400 g/mol. The van der Waals surface area contributed by atoms with E-state index >= 15 is 0 Å². The molecule has 0 bridgehead atoms. The summed E-state index contributed by atoms with van der Waals surface area (Å²) in [4.78, 5) is 14.9. The number of rotatable bonds is 4. The fraction of sp³-hybridized carbons (Fsp3) is 0.333. The van der Waals surface area contributed by atoms with Gasteiger partial charge in [-0.3, -0.25) is 4.79 Å². The van der Waals surface area contributed by atoms with Crippen molar-refractivity contribution in [3.05, 3.63) is 42.7 Å². The lowest BCUT2D eigenvalue weighted by Gasteiger charge is -2.32. The average molecular weight is 400 g/mol. The fourth-order valence-corrected chi connectivity index (χ4v) is 4.23. The Labute approximate surface area is 162 Å². The highest BCUT2D eigenvalue weighted by Gasteiger charge is 2.27. The minimum atomic E-state index is -3.41. The van der Waals surface area contributed by atoms with Crippen LogP contribution in [0.4, 0.5) is 11.5 Å². The summed E-state index contributed by atoms with van der Waals surface area (Å²) in [5.74, 6) is 0.481. The molecule has 1 amide bonds. The number of benzene rings is 1. The Morgan fingerprint density at radius 3 is 2.64 bits per heavy atom. The first-order chi connectivity index (χ1) is 13.4. The van der Waals surface area contributed by atoms with Gasteiger partial charge in [0.05, 0.1) is 10.6 Å². The number of aromatic nitrogens is 4. The van der Waals surface area contributed by atoms with Gasteiger partial charge >= 0.3 is 0 Å². The summed E-state index contributed by atoms with van der Waals surface area (Å²) in [5, 5.41) is 15.0. The van der Waals surface area contributed by atoms with Crippen LogP contribution in [-0.2, 0) is 14.6 Å². The Kier molecular flexibility index (Phi) is 4.71. The molecule has 1 aromatic carbocycles. The molecule has 4 rings (SSSR count). The Hall–Kier alpha value is -3.01. The van der Waals surface area contributed by atoms with Crippen molar-refractivity contribution in [2.45, 2.75) is 17.7 Å². The molecule has 3 heterocycles. The van der Waals surface area contributed by atoms with E-state index in [-0.39, 0.29) is 16.7 Å². The predicted molar refractivity (Wildman–Crippen MR) is 104 cm³/mol. The second-order valence-electron chi connectivity index (χ2n) is 6.84. The molecule has 0 saturated carbocycles. The molecule has 3 aromatic rings. The van der Waals surface area contributed by atoms with Crippen LogP contribution in [0.1, 0.15) is 12.8 Å². The molecule has 1 aliphatic heterocycles. The lowest BCUT2D eigenvalue weighted by atomic mass is 9.96. The smallest absolute Gasteiger partial charge is 0.227 e. The zero-order valence-electron chi connectivity index (χ0n) is 15.3. The van der Waals surface area contributed by atoms with Gasteiger partial charge in [-0.1, -0.05) is 12.1 Å². The van der Waals surface area contributed by atoms with E-state index in [1.165, 1.54) is 6.07 Å². The largest absolute Gasteiger partial charge is 0.355 e. The molecule has 1 N–H and O–H groups in total. The first-order valence-corrected chi connectivity index (χ1v) is 10.8. The van der Waals surface area contributed by atoms with Crippen molar-refractivity contribution in [2.75, 3.05) is 29.6 Å². The number of para-hydroxylation sites is 1. The highest BCUT2D eigenvalue weighted by molar-refractivity contribution is 7.90. The average Bonchev–Trinajstić information content (AvgIpc) is 3.15. The van der Waals surface area contributed by atoms with Gasteiger partial charge < -0.3 is 10.2 Å². The maximum Gasteiger partial charge on any atom is 0.227 e. The highest BCUT2D eigenvalue weighted by atomic mass is 32.2. The number of piperidine rings is 1. The molecule has 0 aliphatic carbocycles. The summed E-state index contributed by atoms with van der Waals surface area (Å²) in [6, 6.07) is 10.2. The van der Waals surface area contributed by atoms with Gasteiger partial charge in [-0.2, -0.15) is 4.52 Å². The third-order valence-corrected chi connectivity index (χ3v) is 6.04. The molecule has 0 unspecified atom stereocenters. The van der Waals surface area contributed by atoms with E-state index in [9.17, 15) is 13.2 Å². The van der Waals surface area contributed by atoms with Gasteiger partial charge in [-0.25, -0.2) is 8.42 Å². The molecule has 1 aliphatic rings. The van der Waals surface area contributed by atoms with Crippen molar-refractivity contribution in [3.8, 4) is 0 Å². The number of sulfone groups is 1. The molecule has 9 nitrogen and oxygen atoms in total. The standard InChI is InChI=1S/C18H20N6O3S/c1-28(26,27)15-5-3-2-4-14(15)20-18(25)13-8-10-23(11-9-13)17-7-6-16-21-19-12-24(16)22-17/h2-7,12-13H,8-11H2,1H3,(H,20,25). The lowest BCUT2D eigenvalue weighted by Crippen LogP contribution is -2.38. The van der Waals surface area contributed by atoms with Crippen LogP contribution in [0, 0.1) is 5.92 Å². The third kappa shape index (κ3) is 3.68. The molecular weight excluding hydrogens is 380 g/mol. The lowest BCUT2D eigenvalue weighted by molar-refractivity contribution is -0.120. The number of fused-ring (bicyclic) bond motifs is 1. The number of nitrogens with one attached hydrogen (secondary N) is 1. The summed E-state index contributed by atoms with van der Waals surface area (Å²) in [6.07, 6.45) is 4.01. The van der Waals surface area contributed by atoms with E-state index in [2.05, 4.69) is 25.5 Å². The minimum absolute atomic E-state index is 0.132. The van der Waals surface area contributed by atoms with Gasteiger partial charge in [0.2, 0.25) is 5.91 Å². The van der Waals surface area contributed by atoms with E-state index in [0.29, 0.717) is 37.3 Å². The van der Waals surface area contributed by atoms with Crippen molar-refractivity contribution in [1.29, 1.82) is 0 Å². The van der Waals surface area contributed by atoms with Gasteiger partial charge in [0.15, 0.2) is 15.5 Å². The van der Waals surface area contributed by atoms with Gasteiger partial charge in [0, 0.05) is 25.3 Å². The zero-order valence-corrected chi connectivity index (χ0v) is 16.1. The van der Waals surface area contributed by atoms with E-state index in [0.717, 1.165) is 12.1 Å². The van der Waals surface area contributed by atoms with Crippen molar-refractivity contribution >= 4 is 32.9 Å². The molecule has 10 heteroatoms. The van der Waals surface area contributed by atoms with E-state index < -0.39 is 9.84 Å². The predicted octanol–water partition coefficient (Wildman–Crippen LogP) is 1.38. The fourth-order valence-electron chi connectivity index (χ4n) is 3.39. The molecule has 0 spiro atoms. The van der Waals surface area contributed by atoms with Crippen molar-refractivity contribution in [2.24, 2.45) is 5.92 Å². The number of carbonyl (C=O) groups is 1. The molecule has 0 atom stereocenters. The van der Waals surface area contributed by atoms with Crippen molar-refractivity contribution in [1.82, 2.24) is 19.8 Å². The van der Waals surface area contributed by atoms with Crippen molar-refractivity contribution < 1.29 is 13.2 Å². The maximum atomic E-state index is 12.7. The minimum Gasteiger partial charge on any atom is -0.355 e. The van der Waals surface area contributed by atoms with Crippen LogP contribution < -0.4 is 10.2 Å². The first-order valence-electron chi connectivity index (χ1n) is 8.94. The highest BCUT2D eigenvalue weighted by Crippen LogP contribution is 2.25. The quantitative estimate of drug-likeness (QED) is 0.704. The van der Waals surface area contributed by atoms with Crippen LogP contribution in [0.15, 0.2) is 47.6 Å². The summed E-state index contributed by atoms with van der Waals surface area (Å²) >= 11 is 0. The third-order valence-electron chi connectivity index (χ3n) is 4.88.